The number of aryl methyl sites for hydroxylation is 1. The fraction of sp³-hybridized carbons (Fsp3) is 0.733. The second-order valence-electron chi connectivity index (χ2n) is 5.85. The second-order valence-corrected chi connectivity index (χ2v) is 5.85. The molecule has 0 unspecified atom stereocenters. The average molecular weight is 278 g/mol. The molecule has 0 radical (unpaired) electrons. The van der Waals surface area contributed by atoms with Crippen LogP contribution in [0.4, 0.5) is 0 Å². The Balaban J connectivity index is 1.98. The normalized spacial score (nSPS) is 15.8. The van der Waals surface area contributed by atoms with Gasteiger partial charge in [-0.3, -0.25) is 9.48 Å². The first kappa shape index (κ1) is 15.0. The molecule has 0 atom stereocenters. The Kier molecular flexibility index (Phi) is 5.17. The first-order valence-corrected chi connectivity index (χ1v) is 7.61. The van der Waals surface area contributed by atoms with Crippen molar-refractivity contribution < 1.29 is 4.79 Å². The van der Waals surface area contributed by atoms with Crippen molar-refractivity contribution in [3.63, 3.8) is 0 Å². The van der Waals surface area contributed by atoms with Crippen molar-refractivity contribution in [3.05, 3.63) is 17.5 Å². The van der Waals surface area contributed by atoms with Crippen molar-refractivity contribution in [1.29, 1.82) is 0 Å². The van der Waals surface area contributed by atoms with Crippen LogP contribution in [0.5, 0.6) is 0 Å². The van der Waals surface area contributed by atoms with Crippen molar-refractivity contribution in [2.24, 2.45) is 11.7 Å². The van der Waals surface area contributed by atoms with E-state index in [0.717, 1.165) is 30.8 Å². The van der Waals surface area contributed by atoms with E-state index in [4.69, 9.17) is 5.73 Å². The SMILES string of the molecule is Cc1c(C(=O)N(C)CC2CCCC2)cnn1CCCN. The standard InChI is InChI=1S/C15H26N4O/c1-12-14(10-17-19(12)9-5-8-16)15(20)18(2)11-13-6-3-4-7-13/h10,13H,3-9,11,16H2,1-2H3. The molecule has 1 heterocycles. The Labute approximate surface area is 121 Å². The number of hydrogen-bond donors (Lipinski definition) is 1. The number of hydrogen-bond acceptors (Lipinski definition) is 3. The van der Waals surface area contributed by atoms with Crippen LogP contribution in [0.15, 0.2) is 6.20 Å². The van der Waals surface area contributed by atoms with Crippen molar-refractivity contribution in [1.82, 2.24) is 14.7 Å². The lowest BCUT2D eigenvalue weighted by Gasteiger charge is -2.21. The summed E-state index contributed by atoms with van der Waals surface area (Å²) in [5.41, 5.74) is 7.19. The lowest BCUT2D eigenvalue weighted by molar-refractivity contribution is 0.0772. The van der Waals surface area contributed by atoms with Crippen LogP contribution in [0.25, 0.3) is 0 Å². The number of rotatable bonds is 6. The topological polar surface area (TPSA) is 64.2 Å². The van der Waals surface area contributed by atoms with Gasteiger partial charge in [-0.1, -0.05) is 12.8 Å². The van der Waals surface area contributed by atoms with Crippen LogP contribution < -0.4 is 5.73 Å². The fourth-order valence-corrected chi connectivity index (χ4v) is 2.99. The minimum absolute atomic E-state index is 0.0911. The number of carbonyl (C=O) groups excluding carboxylic acids is 1. The van der Waals surface area contributed by atoms with Crippen LogP contribution in [-0.2, 0) is 6.54 Å². The van der Waals surface area contributed by atoms with Gasteiger partial charge in [0.15, 0.2) is 0 Å². The molecule has 1 saturated carbocycles. The third kappa shape index (κ3) is 3.39. The third-order valence-corrected chi connectivity index (χ3v) is 4.26. The molecule has 0 aromatic carbocycles. The van der Waals surface area contributed by atoms with E-state index in [2.05, 4.69) is 5.10 Å². The number of aromatic nitrogens is 2. The summed E-state index contributed by atoms with van der Waals surface area (Å²) in [6.45, 7) is 4.25. The summed E-state index contributed by atoms with van der Waals surface area (Å²) in [7, 11) is 1.90. The van der Waals surface area contributed by atoms with Gasteiger partial charge in [0, 0.05) is 25.8 Å². The molecule has 5 heteroatoms. The molecule has 112 valence electrons. The summed E-state index contributed by atoms with van der Waals surface area (Å²) < 4.78 is 1.88. The van der Waals surface area contributed by atoms with E-state index in [9.17, 15) is 4.79 Å². The molecule has 0 saturated heterocycles. The highest BCUT2D eigenvalue weighted by atomic mass is 16.2. The van der Waals surface area contributed by atoms with Crippen LogP contribution in [0, 0.1) is 12.8 Å². The number of nitrogens with zero attached hydrogens (tertiary/aromatic N) is 3. The Bertz CT molecular complexity index is 449. The molecular weight excluding hydrogens is 252 g/mol. The van der Waals surface area contributed by atoms with Crippen LogP contribution in [0.3, 0.4) is 0 Å². The Morgan fingerprint density at radius 1 is 1.50 bits per heavy atom. The molecule has 1 fully saturated rings. The van der Waals surface area contributed by atoms with Crippen molar-refractivity contribution in [2.45, 2.75) is 45.6 Å². The zero-order valence-corrected chi connectivity index (χ0v) is 12.6. The summed E-state index contributed by atoms with van der Waals surface area (Å²) in [6, 6.07) is 0. The van der Waals surface area contributed by atoms with Crippen molar-refractivity contribution >= 4 is 5.91 Å². The molecule has 1 aliphatic carbocycles. The maximum atomic E-state index is 12.5. The molecule has 20 heavy (non-hydrogen) atoms. The highest BCUT2D eigenvalue weighted by Gasteiger charge is 2.22. The minimum atomic E-state index is 0.0911. The van der Waals surface area contributed by atoms with E-state index in [1.807, 2.05) is 23.6 Å². The van der Waals surface area contributed by atoms with Crippen molar-refractivity contribution in [2.75, 3.05) is 20.1 Å². The van der Waals surface area contributed by atoms with E-state index in [-0.39, 0.29) is 5.91 Å². The highest BCUT2D eigenvalue weighted by Crippen LogP contribution is 2.25. The summed E-state index contributed by atoms with van der Waals surface area (Å²) in [5, 5.41) is 4.30. The van der Waals surface area contributed by atoms with Gasteiger partial charge in [0.25, 0.3) is 5.91 Å². The Hall–Kier alpha value is -1.36. The Morgan fingerprint density at radius 2 is 2.20 bits per heavy atom. The van der Waals surface area contributed by atoms with E-state index in [1.54, 1.807) is 6.20 Å². The number of amides is 1. The Morgan fingerprint density at radius 3 is 2.85 bits per heavy atom. The zero-order chi connectivity index (χ0) is 14.5. The lowest BCUT2D eigenvalue weighted by atomic mass is 10.1. The molecule has 1 aromatic rings. The first-order valence-electron chi connectivity index (χ1n) is 7.61. The maximum Gasteiger partial charge on any atom is 0.257 e. The first-order chi connectivity index (χ1) is 9.63. The monoisotopic (exact) mass is 278 g/mol. The smallest absolute Gasteiger partial charge is 0.257 e. The van der Waals surface area contributed by atoms with Gasteiger partial charge in [0.1, 0.15) is 0 Å². The second kappa shape index (κ2) is 6.88. The maximum absolute atomic E-state index is 12.5. The largest absolute Gasteiger partial charge is 0.341 e. The van der Waals surface area contributed by atoms with Gasteiger partial charge < -0.3 is 10.6 Å². The van der Waals surface area contributed by atoms with Gasteiger partial charge in [0.05, 0.1) is 11.8 Å². The predicted molar refractivity (Wildman–Crippen MR) is 79.6 cm³/mol. The van der Waals surface area contributed by atoms with Crippen LogP contribution in [-0.4, -0.2) is 40.7 Å². The molecule has 1 aromatic heterocycles. The molecule has 2 rings (SSSR count). The summed E-state index contributed by atoms with van der Waals surface area (Å²) in [6.07, 6.45) is 7.71. The summed E-state index contributed by atoms with van der Waals surface area (Å²) in [4.78, 5) is 14.3. The molecule has 2 N–H and O–H groups in total. The summed E-state index contributed by atoms with van der Waals surface area (Å²) >= 11 is 0. The molecule has 0 aliphatic heterocycles. The van der Waals surface area contributed by atoms with Crippen LogP contribution in [0.1, 0.15) is 48.2 Å². The average Bonchev–Trinajstić information content (AvgIpc) is 3.06. The zero-order valence-electron chi connectivity index (χ0n) is 12.6. The molecule has 5 nitrogen and oxygen atoms in total. The van der Waals surface area contributed by atoms with E-state index in [0.29, 0.717) is 12.5 Å². The number of carbonyl (C=O) groups is 1. The fourth-order valence-electron chi connectivity index (χ4n) is 2.99. The van der Waals surface area contributed by atoms with Gasteiger partial charge in [-0.05, 0) is 38.6 Å². The van der Waals surface area contributed by atoms with Gasteiger partial charge in [0.2, 0.25) is 0 Å². The van der Waals surface area contributed by atoms with Gasteiger partial charge >= 0.3 is 0 Å². The van der Waals surface area contributed by atoms with Gasteiger partial charge in [-0.2, -0.15) is 5.10 Å². The van der Waals surface area contributed by atoms with Gasteiger partial charge in [-0.25, -0.2) is 0 Å². The lowest BCUT2D eigenvalue weighted by Crippen LogP contribution is -2.31. The molecule has 0 spiro atoms. The molecular formula is C15H26N4O. The summed E-state index contributed by atoms with van der Waals surface area (Å²) in [5.74, 6) is 0.768. The molecule has 1 aliphatic rings. The van der Waals surface area contributed by atoms with Gasteiger partial charge in [-0.15, -0.1) is 0 Å². The highest BCUT2D eigenvalue weighted by molar-refractivity contribution is 5.94. The molecule has 1 amide bonds. The van der Waals surface area contributed by atoms with Crippen molar-refractivity contribution in [3.8, 4) is 0 Å². The molecule has 0 bridgehead atoms. The quantitative estimate of drug-likeness (QED) is 0.863. The third-order valence-electron chi connectivity index (χ3n) is 4.26. The number of nitrogens with two attached hydrogens (primary N) is 1. The van der Waals surface area contributed by atoms with Crippen LogP contribution >= 0.6 is 0 Å². The van der Waals surface area contributed by atoms with Crippen LogP contribution in [0.2, 0.25) is 0 Å². The minimum Gasteiger partial charge on any atom is -0.341 e. The van der Waals surface area contributed by atoms with E-state index < -0.39 is 0 Å². The van der Waals surface area contributed by atoms with E-state index >= 15 is 0 Å². The predicted octanol–water partition coefficient (Wildman–Crippen LogP) is 1.80. The van der Waals surface area contributed by atoms with E-state index in [1.165, 1.54) is 25.7 Å².